The minimum atomic E-state index is 0.118. The lowest BCUT2D eigenvalue weighted by molar-refractivity contribution is 0.0655. The van der Waals surface area contributed by atoms with Gasteiger partial charge in [0, 0.05) is 31.2 Å². The number of amides is 1. The number of piperazine rings is 1. The normalized spacial score (nSPS) is 22.6. The van der Waals surface area contributed by atoms with Crippen molar-refractivity contribution in [1.82, 2.24) is 10.2 Å². The van der Waals surface area contributed by atoms with Crippen molar-refractivity contribution < 1.29 is 9.53 Å². The van der Waals surface area contributed by atoms with Crippen LogP contribution in [-0.4, -0.2) is 43.1 Å². The largest absolute Gasteiger partial charge is 0.493 e. The van der Waals surface area contributed by atoms with E-state index in [9.17, 15) is 4.79 Å². The first-order valence-corrected chi connectivity index (χ1v) is 7.48. The van der Waals surface area contributed by atoms with Crippen molar-refractivity contribution in [2.75, 3.05) is 26.2 Å². The summed E-state index contributed by atoms with van der Waals surface area (Å²) in [6, 6.07) is 7.81. The van der Waals surface area contributed by atoms with E-state index < -0.39 is 0 Å². The van der Waals surface area contributed by atoms with Crippen LogP contribution in [0.15, 0.2) is 24.3 Å². The quantitative estimate of drug-likeness (QED) is 0.912. The Bertz CT molecular complexity index is 468. The summed E-state index contributed by atoms with van der Waals surface area (Å²) in [5, 5.41) is 3.30. The van der Waals surface area contributed by atoms with E-state index in [0.717, 1.165) is 43.5 Å². The van der Waals surface area contributed by atoms with Gasteiger partial charge in [0.2, 0.25) is 0 Å². The maximum Gasteiger partial charge on any atom is 0.254 e. The summed E-state index contributed by atoms with van der Waals surface area (Å²) in [6.07, 6.45) is 2.58. The molecule has 1 atom stereocenters. The molecule has 0 bridgehead atoms. The van der Waals surface area contributed by atoms with Gasteiger partial charge in [-0.15, -0.1) is 0 Å². The third-order valence-corrected chi connectivity index (χ3v) is 4.05. The number of benzene rings is 1. The molecular formula is C16H22N2O2. The van der Waals surface area contributed by atoms with E-state index in [2.05, 4.69) is 12.2 Å². The van der Waals surface area contributed by atoms with Crippen molar-refractivity contribution in [3.8, 4) is 5.75 Å². The Kier molecular flexibility index (Phi) is 3.92. The zero-order valence-corrected chi connectivity index (χ0v) is 12.0. The van der Waals surface area contributed by atoms with Crippen LogP contribution >= 0.6 is 0 Å². The Morgan fingerprint density at radius 2 is 2.10 bits per heavy atom. The lowest BCUT2D eigenvalue weighted by Gasteiger charge is -2.34. The lowest BCUT2D eigenvalue weighted by Crippen LogP contribution is -2.52. The van der Waals surface area contributed by atoms with Gasteiger partial charge in [0.25, 0.3) is 5.91 Å². The van der Waals surface area contributed by atoms with E-state index in [1.165, 1.54) is 12.8 Å². The van der Waals surface area contributed by atoms with Crippen molar-refractivity contribution >= 4 is 5.91 Å². The van der Waals surface area contributed by atoms with Crippen LogP contribution in [0.5, 0.6) is 5.75 Å². The molecule has 4 heteroatoms. The van der Waals surface area contributed by atoms with E-state index >= 15 is 0 Å². The fraction of sp³-hybridized carbons (Fsp3) is 0.562. The Morgan fingerprint density at radius 1 is 1.35 bits per heavy atom. The number of ether oxygens (including phenoxy) is 1. The van der Waals surface area contributed by atoms with Crippen LogP contribution in [0.3, 0.4) is 0 Å². The molecule has 0 radical (unpaired) electrons. The highest BCUT2D eigenvalue weighted by Gasteiger charge is 2.24. The third kappa shape index (κ3) is 3.12. The van der Waals surface area contributed by atoms with Crippen LogP contribution in [0.1, 0.15) is 30.1 Å². The Labute approximate surface area is 120 Å². The molecule has 0 unspecified atom stereocenters. The minimum absolute atomic E-state index is 0.118. The van der Waals surface area contributed by atoms with Gasteiger partial charge in [-0.2, -0.15) is 0 Å². The molecule has 4 nitrogen and oxygen atoms in total. The average Bonchev–Trinajstić information content (AvgIpc) is 3.30. The molecule has 1 N–H and O–H groups in total. The molecule has 108 valence electrons. The van der Waals surface area contributed by atoms with E-state index in [0.29, 0.717) is 0 Å². The number of nitrogens with zero attached hydrogens (tertiary/aromatic N) is 1. The molecule has 1 aliphatic heterocycles. The van der Waals surface area contributed by atoms with Crippen molar-refractivity contribution in [1.29, 1.82) is 0 Å². The SMILES string of the molecule is C[C@@H]1CNCCN1C(=O)c1ccc(OCC2CC2)cc1. The predicted octanol–water partition coefficient (Wildman–Crippen LogP) is 1.91. The Morgan fingerprint density at radius 3 is 2.75 bits per heavy atom. The van der Waals surface area contributed by atoms with Crippen molar-refractivity contribution in [3.05, 3.63) is 29.8 Å². The van der Waals surface area contributed by atoms with Gasteiger partial charge >= 0.3 is 0 Å². The van der Waals surface area contributed by atoms with E-state index in [1.807, 2.05) is 29.2 Å². The topological polar surface area (TPSA) is 41.6 Å². The number of carbonyl (C=O) groups is 1. The minimum Gasteiger partial charge on any atom is -0.493 e. The molecule has 1 saturated heterocycles. The summed E-state index contributed by atoms with van der Waals surface area (Å²) in [5.74, 6) is 1.73. The lowest BCUT2D eigenvalue weighted by atomic mass is 10.1. The number of rotatable bonds is 4. The summed E-state index contributed by atoms with van der Waals surface area (Å²) in [6.45, 7) is 5.41. The molecule has 1 aliphatic carbocycles. The van der Waals surface area contributed by atoms with Gasteiger partial charge in [0.05, 0.1) is 6.61 Å². The molecule has 20 heavy (non-hydrogen) atoms. The molecule has 1 aromatic carbocycles. The summed E-state index contributed by atoms with van der Waals surface area (Å²) >= 11 is 0. The summed E-state index contributed by atoms with van der Waals surface area (Å²) < 4.78 is 5.70. The molecule has 1 amide bonds. The average molecular weight is 274 g/mol. The maximum atomic E-state index is 12.5. The molecule has 1 aromatic rings. The van der Waals surface area contributed by atoms with Gasteiger partial charge in [0.15, 0.2) is 0 Å². The molecule has 2 fully saturated rings. The van der Waals surface area contributed by atoms with Crippen molar-refractivity contribution in [2.45, 2.75) is 25.8 Å². The smallest absolute Gasteiger partial charge is 0.254 e. The summed E-state index contributed by atoms with van der Waals surface area (Å²) in [7, 11) is 0. The number of carbonyl (C=O) groups excluding carboxylic acids is 1. The first-order valence-electron chi connectivity index (χ1n) is 7.48. The van der Waals surface area contributed by atoms with Gasteiger partial charge in [-0.3, -0.25) is 4.79 Å². The molecular weight excluding hydrogens is 252 g/mol. The van der Waals surface area contributed by atoms with Gasteiger partial charge < -0.3 is 15.0 Å². The zero-order valence-electron chi connectivity index (χ0n) is 12.0. The van der Waals surface area contributed by atoms with Gasteiger partial charge in [-0.1, -0.05) is 0 Å². The number of nitrogens with one attached hydrogen (secondary N) is 1. The van der Waals surface area contributed by atoms with Gasteiger partial charge in [-0.05, 0) is 49.9 Å². The third-order valence-electron chi connectivity index (χ3n) is 4.05. The maximum absolute atomic E-state index is 12.5. The van der Waals surface area contributed by atoms with Gasteiger partial charge in [0.1, 0.15) is 5.75 Å². The standard InChI is InChI=1S/C16H22N2O2/c1-12-10-17-8-9-18(12)16(19)14-4-6-15(7-5-14)20-11-13-2-3-13/h4-7,12-13,17H,2-3,8-11H2,1H3/t12-/m1/s1. The first kappa shape index (κ1) is 13.4. The Balaban J connectivity index is 1.61. The van der Waals surface area contributed by atoms with Crippen LogP contribution in [0.2, 0.25) is 0 Å². The van der Waals surface area contributed by atoms with Crippen LogP contribution in [0.4, 0.5) is 0 Å². The van der Waals surface area contributed by atoms with Crippen LogP contribution < -0.4 is 10.1 Å². The second-order valence-electron chi connectivity index (χ2n) is 5.83. The number of hydrogen-bond donors (Lipinski definition) is 1. The Hall–Kier alpha value is -1.55. The molecule has 1 heterocycles. The van der Waals surface area contributed by atoms with Crippen molar-refractivity contribution in [3.63, 3.8) is 0 Å². The van der Waals surface area contributed by atoms with E-state index in [1.54, 1.807) is 0 Å². The highest BCUT2D eigenvalue weighted by atomic mass is 16.5. The van der Waals surface area contributed by atoms with Crippen molar-refractivity contribution in [2.24, 2.45) is 5.92 Å². The summed E-state index contributed by atoms with van der Waals surface area (Å²) in [5.41, 5.74) is 0.748. The highest BCUT2D eigenvalue weighted by Crippen LogP contribution is 2.29. The molecule has 2 aliphatic rings. The first-order chi connectivity index (χ1) is 9.74. The van der Waals surface area contributed by atoms with E-state index in [4.69, 9.17) is 4.74 Å². The van der Waals surface area contributed by atoms with Crippen LogP contribution in [0, 0.1) is 5.92 Å². The summed E-state index contributed by atoms with van der Waals surface area (Å²) in [4.78, 5) is 14.4. The molecule has 1 saturated carbocycles. The molecule has 0 spiro atoms. The molecule has 3 rings (SSSR count). The fourth-order valence-electron chi connectivity index (χ4n) is 2.50. The second-order valence-corrected chi connectivity index (χ2v) is 5.83. The predicted molar refractivity (Wildman–Crippen MR) is 78.0 cm³/mol. The van der Waals surface area contributed by atoms with E-state index in [-0.39, 0.29) is 11.9 Å². The van der Waals surface area contributed by atoms with Crippen LogP contribution in [0.25, 0.3) is 0 Å². The fourth-order valence-corrected chi connectivity index (χ4v) is 2.50. The highest BCUT2D eigenvalue weighted by molar-refractivity contribution is 5.94. The second kappa shape index (κ2) is 5.83. The monoisotopic (exact) mass is 274 g/mol. The molecule has 0 aromatic heterocycles. The van der Waals surface area contributed by atoms with Crippen LogP contribution in [-0.2, 0) is 0 Å². The number of hydrogen-bond acceptors (Lipinski definition) is 3. The van der Waals surface area contributed by atoms with Gasteiger partial charge in [-0.25, -0.2) is 0 Å². The zero-order chi connectivity index (χ0) is 13.9.